The van der Waals surface area contributed by atoms with Crippen molar-refractivity contribution in [2.24, 2.45) is 0 Å². The third kappa shape index (κ3) is 2.16. The van der Waals surface area contributed by atoms with Crippen molar-refractivity contribution in [3.63, 3.8) is 0 Å². The summed E-state index contributed by atoms with van der Waals surface area (Å²) in [4.78, 5) is 36.6. The molecule has 0 aliphatic heterocycles. The van der Waals surface area contributed by atoms with Gasteiger partial charge in [-0.2, -0.15) is 0 Å². The van der Waals surface area contributed by atoms with Crippen LogP contribution in [0.3, 0.4) is 0 Å². The maximum atomic E-state index is 12.4. The van der Waals surface area contributed by atoms with E-state index in [-0.39, 0.29) is 14.0 Å². The summed E-state index contributed by atoms with van der Waals surface area (Å²) in [7, 11) is 0. The Morgan fingerprint density at radius 3 is 1.80 bits per heavy atom. The zero-order valence-electron chi connectivity index (χ0n) is 10.3. The third-order valence-electron chi connectivity index (χ3n) is 2.96. The van der Waals surface area contributed by atoms with Crippen LogP contribution in [0.4, 0.5) is 0 Å². The molecule has 0 saturated heterocycles. The Labute approximate surface area is 123 Å². The Bertz CT molecular complexity index is 998. The van der Waals surface area contributed by atoms with E-state index in [1.54, 1.807) is 18.2 Å². The van der Waals surface area contributed by atoms with Crippen LogP contribution in [0.15, 0.2) is 69.0 Å². The van der Waals surface area contributed by atoms with Crippen LogP contribution in [0.25, 0.3) is 10.8 Å². The fourth-order valence-electron chi connectivity index (χ4n) is 2.00. The lowest BCUT2D eigenvalue weighted by Gasteiger charge is -1.94. The van der Waals surface area contributed by atoms with Gasteiger partial charge in [-0.25, -0.2) is 0 Å². The maximum Gasteiger partial charge on any atom is 0.243 e. The van der Waals surface area contributed by atoms with Crippen molar-refractivity contribution in [1.29, 1.82) is 0 Å². The zero-order valence-corrected chi connectivity index (χ0v) is 12.5. The van der Waals surface area contributed by atoms with Crippen molar-refractivity contribution < 1.29 is 0 Å². The molecule has 0 saturated carbocycles. The molecule has 0 radical (unpaired) electrons. The highest BCUT2D eigenvalue weighted by atomic mass is 127. The second-order valence-electron chi connectivity index (χ2n) is 4.24. The second-order valence-corrected chi connectivity index (χ2v) is 7.10. The molecule has 0 N–H and O–H groups in total. The molecule has 3 aromatic rings. The number of hydrogen-bond acceptors (Lipinski definition) is 3. The van der Waals surface area contributed by atoms with E-state index in [2.05, 4.69) is 0 Å². The number of hydrogen-bond donors (Lipinski definition) is 0. The van der Waals surface area contributed by atoms with E-state index in [0.29, 0.717) is 5.39 Å². The smallest absolute Gasteiger partial charge is 0.243 e. The van der Waals surface area contributed by atoms with Gasteiger partial charge in [0.2, 0.25) is 16.3 Å². The largest absolute Gasteiger partial charge is 0.288 e. The van der Waals surface area contributed by atoms with E-state index in [9.17, 15) is 14.4 Å². The molecule has 3 rings (SSSR count). The topological polar surface area (TPSA) is 51.2 Å². The first-order chi connectivity index (χ1) is 9.68. The van der Waals surface area contributed by atoms with Crippen LogP contribution >= 0.6 is 20.7 Å². The van der Waals surface area contributed by atoms with Crippen LogP contribution < -0.4 is 16.3 Å². The van der Waals surface area contributed by atoms with E-state index in [1.165, 1.54) is 6.07 Å². The van der Waals surface area contributed by atoms with Gasteiger partial charge >= 0.3 is 0 Å². The summed E-state index contributed by atoms with van der Waals surface area (Å²) in [6.07, 6.45) is 0. The summed E-state index contributed by atoms with van der Waals surface area (Å²) in [6, 6.07) is 15.9. The lowest BCUT2D eigenvalue weighted by molar-refractivity contribution is 1.47. The van der Waals surface area contributed by atoms with E-state index >= 15 is 0 Å². The first-order valence-electron chi connectivity index (χ1n) is 5.98. The van der Waals surface area contributed by atoms with Crippen LogP contribution in [-0.4, -0.2) is 0 Å². The van der Waals surface area contributed by atoms with Gasteiger partial charge in [0.25, 0.3) is 0 Å². The first kappa shape index (κ1) is 13.1. The Kier molecular flexibility index (Phi) is 3.40. The molecule has 0 atom stereocenters. The molecule has 0 spiro atoms. The molecule has 3 aromatic carbocycles. The van der Waals surface area contributed by atoms with Gasteiger partial charge < -0.3 is 0 Å². The highest BCUT2D eigenvalue weighted by Gasteiger charge is 2.09. The average molecular weight is 376 g/mol. The predicted molar refractivity (Wildman–Crippen MR) is 87.5 cm³/mol. The van der Waals surface area contributed by atoms with Crippen LogP contribution in [0.2, 0.25) is 0 Å². The zero-order chi connectivity index (χ0) is 14.1. The number of benzene rings is 3. The summed E-state index contributed by atoms with van der Waals surface area (Å²) >= 11 is -0.931. The summed E-state index contributed by atoms with van der Waals surface area (Å²) in [5, 5.41) is 0.575. The molecular formula is C16H9IO3. The number of rotatable bonds is 1. The highest BCUT2D eigenvalue weighted by molar-refractivity contribution is 14.2. The molecule has 0 bridgehead atoms. The van der Waals surface area contributed by atoms with Crippen LogP contribution in [0.1, 0.15) is 0 Å². The fraction of sp³-hybridized carbons (Fsp3) is 0. The lowest BCUT2D eigenvalue weighted by Crippen LogP contribution is -2.30. The van der Waals surface area contributed by atoms with Crippen LogP contribution in [-0.2, 0) is 0 Å². The SMILES string of the molecule is O=c1c(=Ic2ccccc2)c(=O)c2ccccc2c1=O. The predicted octanol–water partition coefficient (Wildman–Crippen LogP) is 2.17. The van der Waals surface area contributed by atoms with Crippen molar-refractivity contribution in [2.45, 2.75) is 0 Å². The molecule has 0 heterocycles. The normalized spacial score (nSPS) is 12.3. The molecule has 0 aliphatic rings. The molecule has 4 heteroatoms. The van der Waals surface area contributed by atoms with Gasteiger partial charge in [0.05, 0.1) is 0 Å². The molecule has 0 amide bonds. The molecule has 98 valence electrons. The minimum Gasteiger partial charge on any atom is -0.288 e. The van der Waals surface area contributed by atoms with Crippen molar-refractivity contribution >= 4 is 31.5 Å². The summed E-state index contributed by atoms with van der Waals surface area (Å²) in [6.45, 7) is 0. The Hall–Kier alpha value is -1.95. The summed E-state index contributed by atoms with van der Waals surface area (Å²) in [5.41, 5.74) is -1.49. The second kappa shape index (κ2) is 5.20. The van der Waals surface area contributed by atoms with Crippen molar-refractivity contribution in [3.8, 4) is 0 Å². The molecule has 0 aromatic heterocycles. The van der Waals surface area contributed by atoms with E-state index in [0.717, 1.165) is 3.57 Å². The Morgan fingerprint density at radius 1 is 0.600 bits per heavy atom. The van der Waals surface area contributed by atoms with Crippen LogP contribution in [0, 0.1) is 6.72 Å². The molecule has 0 unspecified atom stereocenters. The molecule has 0 fully saturated rings. The molecule has 3 nitrogen and oxygen atoms in total. The summed E-state index contributed by atoms with van der Waals surface area (Å²) in [5.74, 6) is 0. The lowest BCUT2D eigenvalue weighted by atomic mass is 10.1. The minimum absolute atomic E-state index is 0.165. The van der Waals surface area contributed by atoms with Gasteiger partial charge in [-0.1, -0.05) is 63.2 Å². The Balaban J connectivity index is 2.51. The molecular weight excluding hydrogens is 367 g/mol. The Morgan fingerprint density at radius 2 is 1.15 bits per heavy atom. The van der Waals surface area contributed by atoms with Crippen LogP contribution in [0.5, 0.6) is 0 Å². The standard InChI is InChI=1S/C16H9IO3/c18-14-11-8-4-5-9-12(11)15(19)16(20)13(14)17-10-6-2-1-3-7-10/h1-9H. The minimum atomic E-state index is -0.931. The third-order valence-corrected chi connectivity index (χ3v) is 5.82. The summed E-state index contributed by atoms with van der Waals surface area (Å²) < 4.78 is 1.12. The number of halogens is 1. The van der Waals surface area contributed by atoms with Crippen molar-refractivity contribution in [1.82, 2.24) is 0 Å². The van der Waals surface area contributed by atoms with Gasteiger partial charge in [-0.15, -0.1) is 0 Å². The van der Waals surface area contributed by atoms with Gasteiger partial charge in [0, 0.05) is 14.3 Å². The van der Waals surface area contributed by atoms with Gasteiger partial charge in [0.15, 0.2) is 0 Å². The van der Waals surface area contributed by atoms with Crippen molar-refractivity contribution in [2.75, 3.05) is 0 Å². The van der Waals surface area contributed by atoms with Gasteiger partial charge in [-0.05, 0) is 12.1 Å². The van der Waals surface area contributed by atoms with E-state index in [4.69, 9.17) is 0 Å². The highest BCUT2D eigenvalue weighted by Crippen LogP contribution is 2.13. The average Bonchev–Trinajstić information content (AvgIpc) is 2.50. The van der Waals surface area contributed by atoms with Gasteiger partial charge in [-0.3, -0.25) is 14.4 Å². The fourth-order valence-corrected chi connectivity index (χ4v) is 4.42. The van der Waals surface area contributed by atoms with Crippen molar-refractivity contribution in [3.05, 3.63) is 92.0 Å². The van der Waals surface area contributed by atoms with E-state index in [1.807, 2.05) is 30.3 Å². The maximum absolute atomic E-state index is 12.4. The monoisotopic (exact) mass is 376 g/mol. The molecule has 20 heavy (non-hydrogen) atoms. The quantitative estimate of drug-likeness (QED) is 0.483. The first-order valence-corrected chi connectivity index (χ1v) is 8.14. The van der Waals surface area contributed by atoms with E-state index < -0.39 is 31.6 Å². The van der Waals surface area contributed by atoms with Gasteiger partial charge in [0.1, 0.15) is 3.15 Å². The molecule has 0 aliphatic carbocycles. The number of fused-ring (bicyclic) bond motifs is 1.